The van der Waals surface area contributed by atoms with E-state index in [-0.39, 0.29) is 0 Å². The van der Waals surface area contributed by atoms with E-state index in [1.807, 2.05) is 19.1 Å². The maximum atomic E-state index is 11.1. The second kappa shape index (κ2) is 5.14. The number of esters is 1. The van der Waals surface area contributed by atoms with Crippen LogP contribution in [0.5, 0.6) is 0 Å². The molecule has 0 amide bonds. The molecule has 0 aliphatic carbocycles. The fourth-order valence-corrected chi connectivity index (χ4v) is 1.59. The molecule has 3 nitrogen and oxygen atoms in total. The van der Waals surface area contributed by atoms with Crippen LogP contribution in [0.4, 0.5) is 0 Å². The molecular weight excluding hydrogens is 214 g/mol. The molecule has 0 saturated carbocycles. The van der Waals surface area contributed by atoms with E-state index in [9.17, 15) is 4.79 Å². The van der Waals surface area contributed by atoms with Crippen LogP contribution < -0.4 is 5.73 Å². The third-order valence-corrected chi connectivity index (χ3v) is 2.48. The summed E-state index contributed by atoms with van der Waals surface area (Å²) in [6.45, 7) is 1.94. The molecule has 4 heteroatoms. The molecule has 0 heterocycles. The van der Waals surface area contributed by atoms with Crippen LogP contribution in [-0.4, -0.2) is 19.1 Å². The third kappa shape index (κ3) is 3.22. The van der Waals surface area contributed by atoms with Gasteiger partial charge in [0.05, 0.1) is 7.11 Å². The average Bonchev–Trinajstić information content (AvgIpc) is 2.20. The van der Waals surface area contributed by atoms with Crippen LogP contribution in [0.3, 0.4) is 0 Å². The molecular formula is C11H14ClNO2. The summed E-state index contributed by atoms with van der Waals surface area (Å²) in [5.41, 5.74) is 7.70. The lowest BCUT2D eigenvalue weighted by molar-refractivity contribution is -0.142. The summed E-state index contributed by atoms with van der Waals surface area (Å²) in [4.78, 5) is 11.1. The number of hydrogen-bond acceptors (Lipinski definition) is 3. The largest absolute Gasteiger partial charge is 0.468 e. The van der Waals surface area contributed by atoms with E-state index in [0.29, 0.717) is 11.4 Å². The molecule has 0 aliphatic heterocycles. The minimum Gasteiger partial charge on any atom is -0.468 e. The highest BCUT2D eigenvalue weighted by Gasteiger charge is 2.15. The Morgan fingerprint density at radius 3 is 2.80 bits per heavy atom. The number of methoxy groups -OCH3 is 1. The van der Waals surface area contributed by atoms with Crippen molar-refractivity contribution in [2.45, 2.75) is 19.4 Å². The number of rotatable bonds is 3. The molecule has 1 aromatic rings. The molecule has 0 fully saturated rings. The molecule has 82 valence electrons. The number of ether oxygens (including phenoxy) is 1. The van der Waals surface area contributed by atoms with Gasteiger partial charge in [-0.1, -0.05) is 17.7 Å². The highest BCUT2D eigenvalue weighted by Crippen LogP contribution is 2.16. The number of hydrogen-bond donors (Lipinski definition) is 1. The summed E-state index contributed by atoms with van der Waals surface area (Å²) in [7, 11) is 1.33. The van der Waals surface area contributed by atoms with Gasteiger partial charge in [0.15, 0.2) is 0 Å². The van der Waals surface area contributed by atoms with E-state index in [0.717, 1.165) is 11.1 Å². The molecule has 0 bridgehead atoms. The lowest BCUT2D eigenvalue weighted by Gasteiger charge is -2.11. The minimum absolute atomic E-state index is 0.399. The third-order valence-electron chi connectivity index (χ3n) is 2.25. The number of aryl methyl sites for hydroxylation is 1. The molecule has 0 saturated heterocycles. The highest BCUT2D eigenvalue weighted by molar-refractivity contribution is 6.30. The van der Waals surface area contributed by atoms with E-state index in [1.54, 1.807) is 6.07 Å². The van der Waals surface area contributed by atoms with Crippen LogP contribution in [0, 0.1) is 6.92 Å². The van der Waals surface area contributed by atoms with Gasteiger partial charge >= 0.3 is 5.97 Å². The first kappa shape index (κ1) is 12.0. The first-order valence-electron chi connectivity index (χ1n) is 4.63. The zero-order valence-electron chi connectivity index (χ0n) is 8.79. The van der Waals surface area contributed by atoms with Crippen LogP contribution in [-0.2, 0) is 16.0 Å². The second-order valence-electron chi connectivity index (χ2n) is 3.40. The quantitative estimate of drug-likeness (QED) is 0.800. The van der Waals surface area contributed by atoms with Gasteiger partial charge in [-0.05, 0) is 36.6 Å². The van der Waals surface area contributed by atoms with Crippen LogP contribution in [0.15, 0.2) is 18.2 Å². The lowest BCUT2D eigenvalue weighted by Crippen LogP contribution is -2.33. The van der Waals surface area contributed by atoms with Crippen molar-refractivity contribution in [3.63, 3.8) is 0 Å². The molecule has 1 atom stereocenters. The Labute approximate surface area is 94.2 Å². The Hall–Kier alpha value is -1.06. The van der Waals surface area contributed by atoms with Crippen molar-refractivity contribution >= 4 is 17.6 Å². The van der Waals surface area contributed by atoms with Crippen molar-refractivity contribution in [3.8, 4) is 0 Å². The average molecular weight is 228 g/mol. The predicted octanol–water partition coefficient (Wildman–Crippen LogP) is 1.69. The normalized spacial score (nSPS) is 12.3. The second-order valence-corrected chi connectivity index (χ2v) is 3.84. The van der Waals surface area contributed by atoms with E-state index in [2.05, 4.69) is 4.74 Å². The summed E-state index contributed by atoms with van der Waals surface area (Å²) < 4.78 is 4.56. The van der Waals surface area contributed by atoms with Crippen molar-refractivity contribution in [3.05, 3.63) is 34.3 Å². The van der Waals surface area contributed by atoms with Gasteiger partial charge in [-0.3, -0.25) is 4.79 Å². The smallest absolute Gasteiger partial charge is 0.322 e. The van der Waals surface area contributed by atoms with Gasteiger partial charge in [0.1, 0.15) is 6.04 Å². The summed E-state index contributed by atoms with van der Waals surface area (Å²) >= 11 is 5.82. The summed E-state index contributed by atoms with van der Waals surface area (Å²) in [5.74, 6) is -0.399. The summed E-state index contributed by atoms with van der Waals surface area (Å²) in [5, 5.41) is 0.683. The molecule has 0 aromatic heterocycles. The Balaban J connectivity index is 2.76. The number of benzene rings is 1. The SMILES string of the molecule is COC(=O)[C@@H](N)Cc1ccc(Cl)cc1C. The van der Waals surface area contributed by atoms with Gasteiger partial charge < -0.3 is 10.5 Å². The van der Waals surface area contributed by atoms with Gasteiger partial charge in [0, 0.05) is 5.02 Å². The van der Waals surface area contributed by atoms with Gasteiger partial charge in [-0.15, -0.1) is 0 Å². The van der Waals surface area contributed by atoms with Crippen molar-refractivity contribution in [2.75, 3.05) is 7.11 Å². The van der Waals surface area contributed by atoms with E-state index >= 15 is 0 Å². The van der Waals surface area contributed by atoms with Gasteiger partial charge in [-0.25, -0.2) is 0 Å². The molecule has 0 unspecified atom stereocenters. The van der Waals surface area contributed by atoms with Crippen LogP contribution in [0.1, 0.15) is 11.1 Å². The number of nitrogens with two attached hydrogens (primary N) is 1. The van der Waals surface area contributed by atoms with Gasteiger partial charge in [-0.2, -0.15) is 0 Å². The zero-order valence-corrected chi connectivity index (χ0v) is 9.54. The lowest BCUT2D eigenvalue weighted by atomic mass is 10.0. The van der Waals surface area contributed by atoms with Crippen LogP contribution >= 0.6 is 11.6 Å². The number of carbonyl (C=O) groups is 1. The van der Waals surface area contributed by atoms with Crippen LogP contribution in [0.2, 0.25) is 5.02 Å². The number of halogens is 1. The Morgan fingerprint density at radius 1 is 1.60 bits per heavy atom. The van der Waals surface area contributed by atoms with E-state index < -0.39 is 12.0 Å². The van der Waals surface area contributed by atoms with Crippen molar-refractivity contribution in [1.29, 1.82) is 0 Å². The molecule has 0 aliphatic rings. The predicted molar refractivity (Wildman–Crippen MR) is 59.9 cm³/mol. The maximum absolute atomic E-state index is 11.1. The van der Waals surface area contributed by atoms with Crippen molar-refractivity contribution in [1.82, 2.24) is 0 Å². The standard InChI is InChI=1S/C11H14ClNO2/c1-7-5-9(12)4-3-8(7)6-10(13)11(14)15-2/h3-5,10H,6,13H2,1-2H3/t10-/m0/s1. The molecule has 0 spiro atoms. The van der Waals surface area contributed by atoms with Crippen LogP contribution in [0.25, 0.3) is 0 Å². The molecule has 0 radical (unpaired) electrons. The Bertz CT molecular complexity index is 366. The van der Waals surface area contributed by atoms with Crippen molar-refractivity contribution in [2.24, 2.45) is 5.73 Å². The maximum Gasteiger partial charge on any atom is 0.322 e. The monoisotopic (exact) mass is 227 g/mol. The number of carbonyl (C=O) groups excluding carboxylic acids is 1. The summed E-state index contributed by atoms with van der Waals surface area (Å²) in [6.07, 6.45) is 0.468. The first-order chi connectivity index (χ1) is 7.04. The fraction of sp³-hybridized carbons (Fsp3) is 0.364. The van der Waals surface area contributed by atoms with Gasteiger partial charge in [0.2, 0.25) is 0 Å². The zero-order chi connectivity index (χ0) is 11.4. The first-order valence-corrected chi connectivity index (χ1v) is 5.01. The topological polar surface area (TPSA) is 52.3 Å². The van der Waals surface area contributed by atoms with Crippen molar-refractivity contribution < 1.29 is 9.53 Å². The highest BCUT2D eigenvalue weighted by atomic mass is 35.5. The van der Waals surface area contributed by atoms with Gasteiger partial charge in [0.25, 0.3) is 0 Å². The summed E-state index contributed by atoms with van der Waals surface area (Å²) in [6, 6.07) is 4.89. The molecule has 1 rings (SSSR count). The Morgan fingerprint density at radius 2 is 2.27 bits per heavy atom. The molecule has 15 heavy (non-hydrogen) atoms. The Kier molecular flexibility index (Phi) is 4.12. The van der Waals surface area contributed by atoms with E-state index in [1.165, 1.54) is 7.11 Å². The fourth-order valence-electron chi connectivity index (χ4n) is 1.36. The molecule has 1 aromatic carbocycles. The molecule has 2 N–H and O–H groups in total. The minimum atomic E-state index is -0.616. The van der Waals surface area contributed by atoms with E-state index in [4.69, 9.17) is 17.3 Å².